The third-order valence-corrected chi connectivity index (χ3v) is 4.38. The summed E-state index contributed by atoms with van der Waals surface area (Å²) in [7, 11) is 1.94. The molecule has 1 aromatic heterocycles. The lowest BCUT2D eigenvalue weighted by atomic mass is 10.3. The van der Waals surface area contributed by atoms with Gasteiger partial charge < -0.3 is 4.57 Å². The molecule has 8 heteroatoms. The van der Waals surface area contributed by atoms with Crippen LogP contribution < -0.4 is 5.43 Å². The van der Waals surface area contributed by atoms with Crippen molar-refractivity contribution in [2.75, 3.05) is 11.2 Å². The van der Waals surface area contributed by atoms with Gasteiger partial charge in [-0.25, -0.2) is 4.98 Å². The van der Waals surface area contributed by atoms with Gasteiger partial charge in [-0.15, -0.1) is 0 Å². The summed E-state index contributed by atoms with van der Waals surface area (Å²) >= 11 is 19.7. The minimum Gasteiger partial charge on any atom is -0.321 e. The molecular formula is C13H13Cl3N4S. The Hall–Kier alpha value is -0.880. The van der Waals surface area contributed by atoms with Crippen LogP contribution in [0.3, 0.4) is 0 Å². The Morgan fingerprint density at radius 3 is 2.62 bits per heavy atom. The van der Waals surface area contributed by atoms with E-state index < -0.39 is 0 Å². The van der Waals surface area contributed by atoms with E-state index in [1.807, 2.05) is 11.6 Å². The number of nitrogens with one attached hydrogen (secondary N) is 1. The quantitative estimate of drug-likeness (QED) is 0.465. The molecule has 4 nitrogen and oxygen atoms in total. The summed E-state index contributed by atoms with van der Waals surface area (Å²) in [4.78, 5) is 4.32. The Bertz CT molecular complexity index is 646. The van der Waals surface area contributed by atoms with E-state index in [-0.39, 0.29) is 0 Å². The van der Waals surface area contributed by atoms with Gasteiger partial charge in [-0.3, -0.25) is 5.43 Å². The SMILES string of the molecule is CCSc1ncc(C=NNc2c(Cl)cc(Cl)cc2Cl)n1C. The minimum atomic E-state index is 0.414. The molecule has 0 bridgehead atoms. The van der Waals surface area contributed by atoms with Crippen LogP contribution in [0.4, 0.5) is 5.69 Å². The Kier molecular flexibility index (Phi) is 5.81. The Labute approximate surface area is 142 Å². The molecule has 0 amide bonds. The summed E-state index contributed by atoms with van der Waals surface area (Å²) in [6.07, 6.45) is 3.42. The van der Waals surface area contributed by atoms with Crippen LogP contribution in [0.15, 0.2) is 28.6 Å². The zero-order valence-electron chi connectivity index (χ0n) is 11.4. The molecule has 112 valence electrons. The molecule has 0 saturated carbocycles. The third kappa shape index (κ3) is 4.07. The molecular weight excluding hydrogens is 351 g/mol. The fourth-order valence-electron chi connectivity index (χ4n) is 1.60. The van der Waals surface area contributed by atoms with E-state index in [0.717, 1.165) is 16.6 Å². The highest BCUT2D eigenvalue weighted by molar-refractivity contribution is 7.99. The van der Waals surface area contributed by atoms with E-state index in [1.165, 1.54) is 0 Å². The van der Waals surface area contributed by atoms with Gasteiger partial charge in [-0.2, -0.15) is 5.10 Å². The Morgan fingerprint density at radius 2 is 2.00 bits per heavy atom. The number of hydrogen-bond acceptors (Lipinski definition) is 4. The van der Waals surface area contributed by atoms with Gasteiger partial charge >= 0.3 is 0 Å². The summed E-state index contributed by atoms with van der Waals surface area (Å²) < 4.78 is 1.96. The Balaban J connectivity index is 2.13. The molecule has 0 unspecified atom stereocenters. The standard InChI is InChI=1S/C13H13Cl3N4S/c1-3-21-13-17-6-9(20(13)2)7-18-19-12-10(15)4-8(14)5-11(12)16/h4-7,19H,3H2,1-2H3. The van der Waals surface area contributed by atoms with Crippen molar-refractivity contribution in [3.05, 3.63) is 39.1 Å². The van der Waals surface area contributed by atoms with Crippen molar-refractivity contribution in [2.24, 2.45) is 12.1 Å². The highest BCUT2D eigenvalue weighted by atomic mass is 35.5. The second-order valence-electron chi connectivity index (χ2n) is 4.07. The van der Waals surface area contributed by atoms with E-state index in [2.05, 4.69) is 22.4 Å². The van der Waals surface area contributed by atoms with Crippen LogP contribution in [0.2, 0.25) is 15.1 Å². The molecule has 0 aliphatic heterocycles. The number of hydrazone groups is 1. The van der Waals surface area contributed by atoms with Crippen molar-refractivity contribution in [1.82, 2.24) is 9.55 Å². The molecule has 0 aliphatic rings. The summed E-state index contributed by atoms with van der Waals surface area (Å²) in [6, 6.07) is 3.21. The summed E-state index contributed by atoms with van der Waals surface area (Å²) in [5.74, 6) is 0.968. The fourth-order valence-corrected chi connectivity index (χ4v) is 3.19. The van der Waals surface area contributed by atoms with E-state index in [0.29, 0.717) is 20.8 Å². The predicted octanol–water partition coefficient (Wildman–Crippen LogP) is 4.94. The lowest BCUT2D eigenvalue weighted by molar-refractivity contribution is 0.785. The third-order valence-electron chi connectivity index (χ3n) is 2.63. The van der Waals surface area contributed by atoms with Gasteiger partial charge in [0.25, 0.3) is 0 Å². The molecule has 1 N–H and O–H groups in total. The number of benzene rings is 1. The summed E-state index contributed by atoms with van der Waals surface area (Å²) in [5, 5.41) is 6.39. The van der Waals surface area contributed by atoms with Gasteiger partial charge in [0.1, 0.15) is 0 Å². The maximum absolute atomic E-state index is 6.07. The average molecular weight is 364 g/mol. The number of rotatable bonds is 5. The zero-order chi connectivity index (χ0) is 15.4. The summed E-state index contributed by atoms with van der Waals surface area (Å²) in [5.41, 5.74) is 4.22. The normalized spacial score (nSPS) is 11.3. The van der Waals surface area contributed by atoms with Crippen molar-refractivity contribution in [1.29, 1.82) is 0 Å². The highest BCUT2D eigenvalue weighted by Crippen LogP contribution is 2.33. The molecule has 0 radical (unpaired) electrons. The predicted molar refractivity (Wildman–Crippen MR) is 92.3 cm³/mol. The molecule has 0 fully saturated rings. The maximum atomic E-state index is 6.07. The number of aromatic nitrogens is 2. The van der Waals surface area contributed by atoms with Gasteiger partial charge in [0, 0.05) is 12.1 Å². The number of thioether (sulfide) groups is 1. The van der Waals surface area contributed by atoms with Gasteiger partial charge in [-0.05, 0) is 17.9 Å². The van der Waals surface area contributed by atoms with Gasteiger partial charge in [0.05, 0.1) is 33.8 Å². The van der Waals surface area contributed by atoms with Crippen LogP contribution in [0.5, 0.6) is 0 Å². The second-order valence-corrected chi connectivity index (χ2v) is 6.55. The molecule has 1 aromatic carbocycles. The molecule has 0 saturated heterocycles. The van der Waals surface area contributed by atoms with Crippen LogP contribution in [0.1, 0.15) is 12.6 Å². The molecule has 21 heavy (non-hydrogen) atoms. The average Bonchev–Trinajstić information content (AvgIpc) is 2.75. The van der Waals surface area contributed by atoms with Crippen molar-refractivity contribution in [3.8, 4) is 0 Å². The van der Waals surface area contributed by atoms with Crippen LogP contribution >= 0.6 is 46.6 Å². The van der Waals surface area contributed by atoms with E-state index in [4.69, 9.17) is 34.8 Å². The first-order chi connectivity index (χ1) is 10.0. The van der Waals surface area contributed by atoms with Crippen LogP contribution in [-0.4, -0.2) is 21.5 Å². The molecule has 2 aromatic rings. The first-order valence-electron chi connectivity index (χ1n) is 6.11. The van der Waals surface area contributed by atoms with Crippen molar-refractivity contribution < 1.29 is 0 Å². The van der Waals surface area contributed by atoms with Gasteiger partial charge in [0.2, 0.25) is 0 Å². The number of halogens is 3. The zero-order valence-corrected chi connectivity index (χ0v) is 14.5. The minimum absolute atomic E-state index is 0.414. The first kappa shape index (κ1) is 16.5. The van der Waals surface area contributed by atoms with Crippen LogP contribution in [-0.2, 0) is 7.05 Å². The van der Waals surface area contributed by atoms with Gasteiger partial charge in [-0.1, -0.05) is 53.5 Å². The molecule has 0 spiro atoms. The number of imidazole rings is 1. The van der Waals surface area contributed by atoms with Crippen LogP contribution in [0.25, 0.3) is 0 Å². The maximum Gasteiger partial charge on any atom is 0.168 e. The summed E-state index contributed by atoms with van der Waals surface area (Å²) in [6.45, 7) is 2.08. The lowest BCUT2D eigenvalue weighted by Gasteiger charge is -2.06. The second kappa shape index (κ2) is 7.40. The van der Waals surface area contributed by atoms with Crippen LogP contribution in [0, 0.1) is 0 Å². The fraction of sp³-hybridized carbons (Fsp3) is 0.231. The topological polar surface area (TPSA) is 42.2 Å². The van der Waals surface area contributed by atoms with E-state index in [9.17, 15) is 0 Å². The lowest BCUT2D eigenvalue weighted by Crippen LogP contribution is -1.99. The van der Waals surface area contributed by atoms with Crippen molar-refractivity contribution in [3.63, 3.8) is 0 Å². The molecule has 0 atom stereocenters. The largest absolute Gasteiger partial charge is 0.321 e. The van der Waals surface area contributed by atoms with Crippen molar-refractivity contribution >= 4 is 58.5 Å². The van der Waals surface area contributed by atoms with E-state index >= 15 is 0 Å². The Morgan fingerprint density at radius 1 is 1.33 bits per heavy atom. The monoisotopic (exact) mass is 362 g/mol. The molecule has 2 rings (SSSR count). The highest BCUT2D eigenvalue weighted by Gasteiger charge is 2.07. The van der Waals surface area contributed by atoms with Gasteiger partial charge in [0.15, 0.2) is 5.16 Å². The number of anilines is 1. The number of nitrogens with zero attached hydrogens (tertiary/aromatic N) is 3. The molecule has 0 aliphatic carbocycles. The van der Waals surface area contributed by atoms with Crippen molar-refractivity contribution in [2.45, 2.75) is 12.1 Å². The first-order valence-corrected chi connectivity index (χ1v) is 8.23. The number of hydrogen-bond donors (Lipinski definition) is 1. The molecule has 1 heterocycles. The van der Waals surface area contributed by atoms with E-state index in [1.54, 1.807) is 36.3 Å². The smallest absolute Gasteiger partial charge is 0.168 e.